The maximum Gasteiger partial charge on any atom is 0.167 e. The normalized spacial score (nSPS) is 9.83. The Morgan fingerprint density at radius 3 is 1.25 bits per heavy atom. The maximum atomic E-state index is 9.31. The molecule has 0 rings (SSSR count). The van der Waals surface area contributed by atoms with Gasteiger partial charge in [0.2, 0.25) is 0 Å². The molecule has 0 atom stereocenters. The second kappa shape index (κ2) is 4.16. The second-order valence-electron chi connectivity index (χ2n) is 3.17. The highest BCUT2D eigenvalue weighted by atomic mass is 16.4. The standard InChI is InChI=1S/C9H16O3/c1-5(2)7(10)9(12)8(11)6(3)4/h9-12H,1-4H3. The van der Waals surface area contributed by atoms with Crippen molar-refractivity contribution >= 4 is 0 Å². The summed E-state index contributed by atoms with van der Waals surface area (Å²) in [7, 11) is 0. The van der Waals surface area contributed by atoms with E-state index >= 15 is 0 Å². The average Bonchev–Trinajstić information content (AvgIpc) is 2.00. The van der Waals surface area contributed by atoms with E-state index in [0.29, 0.717) is 11.1 Å². The Morgan fingerprint density at radius 2 is 1.08 bits per heavy atom. The predicted octanol–water partition coefficient (Wildman–Crippen LogP) is 2.05. The lowest BCUT2D eigenvalue weighted by Crippen LogP contribution is -2.15. The van der Waals surface area contributed by atoms with E-state index in [2.05, 4.69) is 0 Å². The molecule has 0 saturated heterocycles. The summed E-state index contributed by atoms with van der Waals surface area (Å²) in [4.78, 5) is 0. The summed E-state index contributed by atoms with van der Waals surface area (Å²) in [5.41, 5.74) is 1.19. The summed E-state index contributed by atoms with van der Waals surface area (Å²) in [6, 6.07) is 0. The van der Waals surface area contributed by atoms with Gasteiger partial charge < -0.3 is 15.3 Å². The van der Waals surface area contributed by atoms with E-state index in [-0.39, 0.29) is 11.5 Å². The lowest BCUT2D eigenvalue weighted by Gasteiger charge is -2.11. The SMILES string of the molecule is CC(C)=C(O)C(O)C(O)=C(C)C. The van der Waals surface area contributed by atoms with E-state index in [4.69, 9.17) is 0 Å². The van der Waals surface area contributed by atoms with Gasteiger partial charge >= 0.3 is 0 Å². The molecule has 0 heterocycles. The molecule has 12 heavy (non-hydrogen) atoms. The van der Waals surface area contributed by atoms with Crippen molar-refractivity contribution in [1.82, 2.24) is 0 Å². The monoisotopic (exact) mass is 172 g/mol. The molecule has 0 radical (unpaired) electrons. The summed E-state index contributed by atoms with van der Waals surface area (Å²) in [6.07, 6.45) is -1.28. The van der Waals surface area contributed by atoms with Gasteiger partial charge in [0.1, 0.15) is 11.5 Å². The highest BCUT2D eigenvalue weighted by Gasteiger charge is 2.16. The number of rotatable bonds is 2. The van der Waals surface area contributed by atoms with Gasteiger partial charge in [-0.15, -0.1) is 0 Å². The fourth-order valence-electron chi connectivity index (χ4n) is 0.676. The van der Waals surface area contributed by atoms with Crippen LogP contribution in [0.1, 0.15) is 27.7 Å². The largest absolute Gasteiger partial charge is 0.509 e. The number of allylic oxidation sites excluding steroid dienone is 2. The Morgan fingerprint density at radius 1 is 0.833 bits per heavy atom. The van der Waals surface area contributed by atoms with E-state index in [1.165, 1.54) is 0 Å². The minimum atomic E-state index is -1.28. The van der Waals surface area contributed by atoms with Gasteiger partial charge in [0.05, 0.1) is 0 Å². The van der Waals surface area contributed by atoms with Crippen LogP contribution in [0.2, 0.25) is 0 Å². The van der Waals surface area contributed by atoms with Crippen LogP contribution in [0.5, 0.6) is 0 Å². The molecule has 0 aliphatic heterocycles. The fourth-order valence-corrected chi connectivity index (χ4v) is 0.676. The Kier molecular flexibility index (Phi) is 3.83. The Bertz CT molecular complexity index is 194. The third-order valence-electron chi connectivity index (χ3n) is 1.54. The van der Waals surface area contributed by atoms with Gasteiger partial charge in [-0.05, 0) is 38.8 Å². The van der Waals surface area contributed by atoms with Gasteiger partial charge in [-0.25, -0.2) is 0 Å². The van der Waals surface area contributed by atoms with E-state index in [0.717, 1.165) is 0 Å². The molecule has 3 nitrogen and oxygen atoms in total. The fraction of sp³-hybridized carbons (Fsp3) is 0.556. The summed E-state index contributed by atoms with van der Waals surface area (Å²) in [5.74, 6) is -0.373. The quantitative estimate of drug-likeness (QED) is 0.559. The minimum Gasteiger partial charge on any atom is -0.509 e. The Balaban J connectivity index is 4.75. The predicted molar refractivity (Wildman–Crippen MR) is 48.0 cm³/mol. The van der Waals surface area contributed by atoms with Crippen LogP contribution in [0.25, 0.3) is 0 Å². The van der Waals surface area contributed by atoms with Crippen molar-refractivity contribution in [1.29, 1.82) is 0 Å². The highest BCUT2D eigenvalue weighted by Crippen LogP contribution is 2.14. The molecule has 0 bridgehead atoms. The van der Waals surface area contributed by atoms with Crippen molar-refractivity contribution in [3.05, 3.63) is 22.7 Å². The summed E-state index contributed by atoms with van der Waals surface area (Å²) < 4.78 is 0. The first-order chi connectivity index (χ1) is 5.37. The van der Waals surface area contributed by atoms with E-state index in [1.54, 1.807) is 27.7 Å². The van der Waals surface area contributed by atoms with Crippen LogP contribution in [0.3, 0.4) is 0 Å². The third kappa shape index (κ3) is 2.58. The topological polar surface area (TPSA) is 60.7 Å². The van der Waals surface area contributed by atoms with Gasteiger partial charge in [0, 0.05) is 0 Å². The zero-order valence-electron chi connectivity index (χ0n) is 7.92. The van der Waals surface area contributed by atoms with Crippen molar-refractivity contribution in [2.75, 3.05) is 0 Å². The summed E-state index contributed by atoms with van der Waals surface area (Å²) in [6.45, 7) is 6.65. The van der Waals surface area contributed by atoms with Gasteiger partial charge in [0.25, 0.3) is 0 Å². The van der Waals surface area contributed by atoms with Crippen molar-refractivity contribution < 1.29 is 15.3 Å². The number of hydrogen-bond donors (Lipinski definition) is 3. The molecule has 0 aliphatic rings. The lowest BCUT2D eigenvalue weighted by molar-refractivity contribution is 0.133. The molecule has 0 aliphatic carbocycles. The lowest BCUT2D eigenvalue weighted by atomic mass is 10.1. The Labute approximate surface area is 72.7 Å². The van der Waals surface area contributed by atoms with Gasteiger partial charge in [-0.3, -0.25) is 0 Å². The van der Waals surface area contributed by atoms with Crippen molar-refractivity contribution in [3.8, 4) is 0 Å². The molecule has 3 heteroatoms. The molecule has 0 aromatic rings. The van der Waals surface area contributed by atoms with Gasteiger partial charge in [-0.1, -0.05) is 0 Å². The molecule has 3 N–H and O–H groups in total. The van der Waals surface area contributed by atoms with Gasteiger partial charge in [0.15, 0.2) is 6.10 Å². The van der Waals surface area contributed by atoms with Crippen LogP contribution >= 0.6 is 0 Å². The molecular formula is C9H16O3. The number of aliphatic hydroxyl groups is 3. The summed E-state index contributed by atoms with van der Waals surface area (Å²) >= 11 is 0. The van der Waals surface area contributed by atoms with Gasteiger partial charge in [-0.2, -0.15) is 0 Å². The van der Waals surface area contributed by atoms with Crippen LogP contribution in [0.4, 0.5) is 0 Å². The zero-order valence-corrected chi connectivity index (χ0v) is 7.92. The molecule has 0 fully saturated rings. The van der Waals surface area contributed by atoms with Crippen LogP contribution in [0.15, 0.2) is 22.7 Å². The van der Waals surface area contributed by atoms with Crippen molar-refractivity contribution in [2.24, 2.45) is 0 Å². The third-order valence-corrected chi connectivity index (χ3v) is 1.54. The molecule has 70 valence electrons. The molecule has 0 aromatic heterocycles. The zero-order chi connectivity index (χ0) is 9.89. The van der Waals surface area contributed by atoms with E-state index in [9.17, 15) is 15.3 Å². The molecule has 0 spiro atoms. The molecule has 0 amide bonds. The second-order valence-corrected chi connectivity index (χ2v) is 3.17. The van der Waals surface area contributed by atoms with Crippen molar-refractivity contribution in [3.63, 3.8) is 0 Å². The first kappa shape index (κ1) is 11.0. The Hall–Kier alpha value is -0.960. The molecule has 0 unspecified atom stereocenters. The highest BCUT2D eigenvalue weighted by molar-refractivity contribution is 5.19. The molecular weight excluding hydrogens is 156 g/mol. The van der Waals surface area contributed by atoms with E-state index in [1.807, 2.05) is 0 Å². The van der Waals surface area contributed by atoms with Crippen LogP contribution in [-0.2, 0) is 0 Å². The van der Waals surface area contributed by atoms with E-state index < -0.39 is 6.10 Å². The smallest absolute Gasteiger partial charge is 0.167 e. The number of aliphatic hydroxyl groups excluding tert-OH is 3. The first-order valence-corrected chi connectivity index (χ1v) is 3.78. The summed E-state index contributed by atoms with van der Waals surface area (Å²) in [5, 5.41) is 27.8. The maximum absolute atomic E-state index is 9.31. The van der Waals surface area contributed by atoms with Crippen LogP contribution in [0, 0.1) is 0 Å². The molecule has 0 saturated carbocycles. The average molecular weight is 172 g/mol. The van der Waals surface area contributed by atoms with Crippen LogP contribution < -0.4 is 0 Å². The van der Waals surface area contributed by atoms with Crippen molar-refractivity contribution in [2.45, 2.75) is 33.8 Å². The molecule has 0 aromatic carbocycles. The first-order valence-electron chi connectivity index (χ1n) is 3.78. The minimum absolute atomic E-state index is 0.186. The number of hydrogen-bond acceptors (Lipinski definition) is 3. The van der Waals surface area contributed by atoms with Crippen LogP contribution in [-0.4, -0.2) is 21.4 Å².